The lowest BCUT2D eigenvalue weighted by Crippen LogP contribution is -2.19. The van der Waals surface area contributed by atoms with Crippen LogP contribution in [0, 0.1) is 0 Å². The summed E-state index contributed by atoms with van der Waals surface area (Å²) in [7, 11) is 2.17. The van der Waals surface area contributed by atoms with E-state index in [-0.39, 0.29) is 0 Å². The van der Waals surface area contributed by atoms with Crippen LogP contribution in [0.2, 0.25) is 0 Å². The summed E-state index contributed by atoms with van der Waals surface area (Å²) in [5, 5.41) is 0. The number of rotatable bonds is 4. The quantitative estimate of drug-likeness (QED) is 0.588. The van der Waals surface area contributed by atoms with E-state index in [1.54, 1.807) is 0 Å². The highest BCUT2D eigenvalue weighted by Crippen LogP contribution is 1.86. The average Bonchev–Trinajstić information content (AvgIpc) is 1.93. The van der Waals surface area contributed by atoms with E-state index in [1.807, 2.05) is 13.8 Å². The van der Waals surface area contributed by atoms with Gasteiger partial charge >= 0.3 is 0 Å². The summed E-state index contributed by atoms with van der Waals surface area (Å²) in [4.78, 5) is 2.36. The SMILES string of the molecule is CC.CCCN(C)CCC. The number of hydrogen-bond acceptors (Lipinski definition) is 1. The average molecular weight is 145 g/mol. The molecule has 0 saturated heterocycles. The molecule has 0 saturated carbocycles. The molecule has 1 heteroatoms. The van der Waals surface area contributed by atoms with E-state index in [2.05, 4.69) is 25.8 Å². The van der Waals surface area contributed by atoms with E-state index in [9.17, 15) is 0 Å². The normalized spacial score (nSPS) is 9.00. The maximum atomic E-state index is 2.36. The topological polar surface area (TPSA) is 3.24 Å². The molecule has 10 heavy (non-hydrogen) atoms. The van der Waals surface area contributed by atoms with Gasteiger partial charge in [-0.15, -0.1) is 0 Å². The zero-order valence-electron chi connectivity index (χ0n) is 8.28. The van der Waals surface area contributed by atoms with Crippen molar-refractivity contribution in [3.05, 3.63) is 0 Å². The van der Waals surface area contributed by atoms with Crippen LogP contribution in [0.3, 0.4) is 0 Å². The molecule has 0 unspecified atom stereocenters. The highest BCUT2D eigenvalue weighted by Gasteiger charge is 1.90. The maximum Gasteiger partial charge on any atom is -0.00244 e. The van der Waals surface area contributed by atoms with Gasteiger partial charge in [-0.2, -0.15) is 0 Å². The Labute approximate surface area is 66.4 Å². The van der Waals surface area contributed by atoms with Gasteiger partial charge in [0, 0.05) is 0 Å². The Kier molecular flexibility index (Phi) is 14.8. The third kappa shape index (κ3) is 10.9. The highest BCUT2D eigenvalue weighted by molar-refractivity contribution is 4.45. The molecule has 0 aromatic rings. The summed E-state index contributed by atoms with van der Waals surface area (Å²) in [5.41, 5.74) is 0. The molecule has 0 aliphatic rings. The van der Waals surface area contributed by atoms with Gasteiger partial charge in [0.05, 0.1) is 0 Å². The first-order valence-corrected chi connectivity index (χ1v) is 4.49. The van der Waals surface area contributed by atoms with Crippen LogP contribution in [0.5, 0.6) is 0 Å². The first-order valence-electron chi connectivity index (χ1n) is 4.49. The number of nitrogens with zero attached hydrogens (tertiary/aromatic N) is 1. The molecule has 0 N–H and O–H groups in total. The third-order valence-corrected chi connectivity index (χ3v) is 1.21. The van der Waals surface area contributed by atoms with Crippen LogP contribution >= 0.6 is 0 Å². The number of hydrogen-bond donors (Lipinski definition) is 0. The Morgan fingerprint density at radius 3 is 1.40 bits per heavy atom. The van der Waals surface area contributed by atoms with Crippen LogP contribution in [-0.2, 0) is 0 Å². The minimum Gasteiger partial charge on any atom is -0.306 e. The van der Waals surface area contributed by atoms with Crippen molar-refractivity contribution in [2.45, 2.75) is 40.5 Å². The molecular formula is C9H23N. The van der Waals surface area contributed by atoms with Crippen molar-refractivity contribution in [3.63, 3.8) is 0 Å². The monoisotopic (exact) mass is 145 g/mol. The molecule has 0 amide bonds. The fourth-order valence-electron chi connectivity index (χ4n) is 0.875. The first kappa shape index (κ1) is 12.6. The van der Waals surface area contributed by atoms with Gasteiger partial charge in [-0.1, -0.05) is 27.7 Å². The van der Waals surface area contributed by atoms with Crippen LogP contribution < -0.4 is 0 Å². The summed E-state index contributed by atoms with van der Waals surface area (Å²) < 4.78 is 0. The van der Waals surface area contributed by atoms with Crippen LogP contribution in [-0.4, -0.2) is 25.0 Å². The third-order valence-electron chi connectivity index (χ3n) is 1.21. The fourth-order valence-corrected chi connectivity index (χ4v) is 0.875. The Bertz CT molecular complexity index is 38.0. The van der Waals surface area contributed by atoms with Crippen LogP contribution in [0.25, 0.3) is 0 Å². The lowest BCUT2D eigenvalue weighted by atomic mass is 10.4. The zero-order valence-corrected chi connectivity index (χ0v) is 8.28. The van der Waals surface area contributed by atoms with Gasteiger partial charge in [-0.05, 0) is 33.0 Å². The molecule has 0 fully saturated rings. The predicted octanol–water partition coefficient (Wildman–Crippen LogP) is 2.76. The van der Waals surface area contributed by atoms with Crippen molar-refractivity contribution < 1.29 is 0 Å². The Morgan fingerprint density at radius 1 is 0.900 bits per heavy atom. The summed E-state index contributed by atoms with van der Waals surface area (Å²) in [6, 6.07) is 0. The molecule has 0 bridgehead atoms. The molecule has 64 valence electrons. The molecule has 0 atom stereocenters. The molecular weight excluding hydrogens is 122 g/mol. The molecule has 0 aliphatic carbocycles. The smallest absolute Gasteiger partial charge is 0.00244 e. The molecule has 0 aromatic heterocycles. The molecule has 1 nitrogen and oxygen atoms in total. The summed E-state index contributed by atoms with van der Waals surface area (Å²) in [5.74, 6) is 0. The first-order chi connectivity index (χ1) is 4.81. The van der Waals surface area contributed by atoms with Crippen molar-refractivity contribution in [1.82, 2.24) is 4.90 Å². The second kappa shape index (κ2) is 11.7. The van der Waals surface area contributed by atoms with Crippen molar-refractivity contribution >= 4 is 0 Å². The van der Waals surface area contributed by atoms with Gasteiger partial charge in [-0.25, -0.2) is 0 Å². The lowest BCUT2D eigenvalue weighted by molar-refractivity contribution is 0.335. The van der Waals surface area contributed by atoms with E-state index in [0.29, 0.717) is 0 Å². The van der Waals surface area contributed by atoms with Crippen LogP contribution in [0.15, 0.2) is 0 Å². The van der Waals surface area contributed by atoms with E-state index in [0.717, 1.165) is 0 Å². The van der Waals surface area contributed by atoms with Crippen molar-refractivity contribution in [2.24, 2.45) is 0 Å². The summed E-state index contributed by atoms with van der Waals surface area (Å²) >= 11 is 0. The maximum absolute atomic E-state index is 2.36. The largest absolute Gasteiger partial charge is 0.306 e. The molecule has 0 aromatic carbocycles. The summed E-state index contributed by atoms with van der Waals surface area (Å²) in [6.07, 6.45) is 2.55. The van der Waals surface area contributed by atoms with Gasteiger partial charge in [0.25, 0.3) is 0 Å². The lowest BCUT2D eigenvalue weighted by Gasteiger charge is -2.12. The van der Waals surface area contributed by atoms with Gasteiger partial charge in [0.15, 0.2) is 0 Å². The van der Waals surface area contributed by atoms with E-state index < -0.39 is 0 Å². The second-order valence-corrected chi connectivity index (χ2v) is 2.30. The van der Waals surface area contributed by atoms with Crippen molar-refractivity contribution in [3.8, 4) is 0 Å². The molecule has 0 heterocycles. The minimum absolute atomic E-state index is 1.24. The highest BCUT2D eigenvalue weighted by atomic mass is 15.1. The van der Waals surface area contributed by atoms with Crippen LogP contribution in [0.4, 0.5) is 0 Å². The van der Waals surface area contributed by atoms with E-state index >= 15 is 0 Å². The van der Waals surface area contributed by atoms with Gasteiger partial charge in [-0.3, -0.25) is 0 Å². The van der Waals surface area contributed by atoms with Gasteiger partial charge < -0.3 is 4.90 Å². The van der Waals surface area contributed by atoms with Crippen LogP contribution in [0.1, 0.15) is 40.5 Å². The molecule has 0 radical (unpaired) electrons. The standard InChI is InChI=1S/C7H17N.C2H6/c1-4-6-8(3)7-5-2;1-2/h4-7H2,1-3H3;1-2H3. The molecule has 0 rings (SSSR count). The van der Waals surface area contributed by atoms with Gasteiger partial charge in [0.1, 0.15) is 0 Å². The van der Waals surface area contributed by atoms with Crippen molar-refractivity contribution in [1.29, 1.82) is 0 Å². The van der Waals surface area contributed by atoms with Crippen molar-refractivity contribution in [2.75, 3.05) is 20.1 Å². The predicted molar refractivity (Wildman–Crippen MR) is 49.4 cm³/mol. The molecule has 0 aliphatic heterocycles. The minimum atomic E-state index is 1.24. The zero-order chi connectivity index (χ0) is 8.41. The van der Waals surface area contributed by atoms with E-state index in [4.69, 9.17) is 0 Å². The Hall–Kier alpha value is -0.0400. The van der Waals surface area contributed by atoms with Gasteiger partial charge in [0.2, 0.25) is 0 Å². The second-order valence-electron chi connectivity index (χ2n) is 2.30. The molecule has 0 spiro atoms. The Morgan fingerprint density at radius 2 is 1.20 bits per heavy atom. The van der Waals surface area contributed by atoms with E-state index in [1.165, 1.54) is 25.9 Å². The Balaban J connectivity index is 0. The fraction of sp³-hybridized carbons (Fsp3) is 1.00. The summed E-state index contributed by atoms with van der Waals surface area (Å²) in [6.45, 7) is 10.9.